The number of para-hydroxylation sites is 1. The molecule has 9 heteroatoms. The highest BCUT2D eigenvalue weighted by Crippen LogP contribution is 2.40. The maximum absolute atomic E-state index is 13.4. The van der Waals surface area contributed by atoms with Crippen molar-refractivity contribution in [3.8, 4) is 22.8 Å². The lowest BCUT2D eigenvalue weighted by molar-refractivity contribution is -0.763. The Morgan fingerprint density at radius 3 is 2.66 bits per heavy atom. The largest absolute Gasteiger partial charge is 0.497 e. The van der Waals surface area contributed by atoms with E-state index in [-0.39, 0.29) is 11.5 Å². The molecule has 0 aliphatic carbocycles. The standard InChI is InChI=1S/C26H30N4O4S/c1-5-6-7-10-15-35-26-27-24(32)23-19-11-8-9-12-21(19)29(17(2)31)25(30(23)28-26)20-14-13-18(33-3)16-22(20)34-4/h8-9,11-14,16,25H,5-7,10,15H2,1-4H3/p+1/t25-/m0/s1. The minimum absolute atomic E-state index is 0.172. The number of hydrogen-bond acceptors (Lipinski definition) is 6. The Balaban J connectivity index is 1.89. The fraction of sp³-hybridized carbons (Fsp3) is 0.385. The van der Waals surface area contributed by atoms with Crippen LogP contribution in [0.3, 0.4) is 0 Å². The Bertz CT molecular complexity index is 1280. The third-order valence-electron chi connectivity index (χ3n) is 6.05. The maximum atomic E-state index is 13.4. The van der Waals surface area contributed by atoms with Gasteiger partial charge in [0.1, 0.15) is 11.5 Å². The van der Waals surface area contributed by atoms with Crippen LogP contribution < -0.4 is 24.6 Å². The van der Waals surface area contributed by atoms with Gasteiger partial charge in [0, 0.05) is 23.8 Å². The minimum Gasteiger partial charge on any atom is -0.497 e. The molecule has 2 heterocycles. The summed E-state index contributed by atoms with van der Waals surface area (Å²) in [6.07, 6.45) is 3.83. The highest BCUT2D eigenvalue weighted by Gasteiger charge is 2.46. The van der Waals surface area contributed by atoms with Gasteiger partial charge in [-0.05, 0) is 35.4 Å². The quantitative estimate of drug-likeness (QED) is 0.270. The number of hydrogen-bond donors (Lipinski definition) is 1. The molecule has 1 aliphatic heterocycles. The summed E-state index contributed by atoms with van der Waals surface area (Å²) in [4.78, 5) is 31.1. The van der Waals surface area contributed by atoms with E-state index < -0.39 is 6.17 Å². The number of benzene rings is 2. The second-order valence-electron chi connectivity index (χ2n) is 8.35. The number of rotatable bonds is 9. The molecule has 0 saturated carbocycles. The number of carbonyl (C=O) groups excluding carboxylic acids is 1. The lowest BCUT2D eigenvalue weighted by Gasteiger charge is -2.31. The van der Waals surface area contributed by atoms with Crippen molar-refractivity contribution in [2.24, 2.45) is 0 Å². The van der Waals surface area contributed by atoms with Crippen LogP contribution in [0.2, 0.25) is 0 Å². The average Bonchev–Trinajstić information content (AvgIpc) is 2.87. The van der Waals surface area contributed by atoms with E-state index in [0.29, 0.717) is 39.2 Å². The van der Waals surface area contributed by atoms with Crippen molar-refractivity contribution < 1.29 is 19.0 Å². The number of nitrogens with one attached hydrogen (secondary N) is 1. The van der Waals surface area contributed by atoms with Gasteiger partial charge in [-0.2, -0.15) is 0 Å². The van der Waals surface area contributed by atoms with Gasteiger partial charge in [-0.25, -0.2) is 4.90 Å². The number of unbranched alkanes of at least 4 members (excludes halogenated alkanes) is 3. The highest BCUT2D eigenvalue weighted by atomic mass is 32.2. The molecule has 1 aliphatic rings. The normalized spacial score (nSPS) is 14.3. The van der Waals surface area contributed by atoms with Crippen molar-refractivity contribution in [3.05, 3.63) is 58.4 Å². The van der Waals surface area contributed by atoms with Crippen LogP contribution in [0.5, 0.6) is 11.5 Å². The number of methoxy groups -OCH3 is 2. The van der Waals surface area contributed by atoms with Crippen LogP contribution in [0, 0.1) is 0 Å². The number of aromatic nitrogens is 3. The monoisotopic (exact) mass is 495 g/mol. The first-order valence-electron chi connectivity index (χ1n) is 11.8. The number of aromatic amines is 1. The second kappa shape index (κ2) is 10.9. The average molecular weight is 496 g/mol. The molecule has 2 aromatic carbocycles. The highest BCUT2D eigenvalue weighted by molar-refractivity contribution is 7.99. The Hall–Kier alpha value is -3.33. The first kappa shape index (κ1) is 24.8. The number of carbonyl (C=O) groups is 1. The van der Waals surface area contributed by atoms with Crippen LogP contribution in [0.15, 0.2) is 52.4 Å². The summed E-state index contributed by atoms with van der Waals surface area (Å²) in [5.41, 5.74) is 2.15. The fourth-order valence-corrected chi connectivity index (χ4v) is 5.24. The zero-order valence-corrected chi connectivity index (χ0v) is 21.4. The van der Waals surface area contributed by atoms with Gasteiger partial charge >= 0.3 is 11.3 Å². The molecular formula is C26H31N4O4S+. The number of H-pyrrole nitrogens is 1. The van der Waals surface area contributed by atoms with Gasteiger partial charge in [0.15, 0.2) is 0 Å². The molecule has 1 aromatic heterocycles. The Labute approximate surface area is 209 Å². The molecule has 3 aromatic rings. The third-order valence-corrected chi connectivity index (χ3v) is 7.00. The van der Waals surface area contributed by atoms with Gasteiger partial charge in [-0.1, -0.05) is 50.1 Å². The van der Waals surface area contributed by atoms with Gasteiger partial charge in [0.25, 0.3) is 6.17 Å². The molecule has 1 atom stereocenters. The SMILES string of the molecule is CCCCCCSc1n[n+]2c(c(=O)[nH]1)-c1ccccc1N(C(C)=O)[C@@H]2c1ccc(OC)cc1OC. The zero-order chi connectivity index (χ0) is 24.9. The van der Waals surface area contributed by atoms with E-state index in [4.69, 9.17) is 14.6 Å². The Kier molecular flexibility index (Phi) is 7.75. The molecule has 0 spiro atoms. The summed E-state index contributed by atoms with van der Waals surface area (Å²) in [5.74, 6) is 1.85. The number of anilines is 1. The maximum Gasteiger partial charge on any atom is 0.325 e. The molecule has 1 N–H and O–H groups in total. The van der Waals surface area contributed by atoms with E-state index in [1.165, 1.54) is 31.5 Å². The van der Waals surface area contributed by atoms with Gasteiger partial charge < -0.3 is 9.47 Å². The molecule has 35 heavy (non-hydrogen) atoms. The fourth-order valence-electron chi connectivity index (χ4n) is 4.39. The molecule has 0 unspecified atom stereocenters. The molecule has 184 valence electrons. The first-order valence-corrected chi connectivity index (χ1v) is 12.8. The van der Waals surface area contributed by atoms with Crippen LogP contribution in [-0.4, -0.2) is 36.0 Å². The molecule has 0 radical (unpaired) electrons. The number of fused-ring (bicyclic) bond motifs is 3. The van der Waals surface area contributed by atoms with E-state index >= 15 is 0 Å². The van der Waals surface area contributed by atoms with E-state index in [2.05, 4.69) is 11.9 Å². The Morgan fingerprint density at radius 2 is 1.94 bits per heavy atom. The molecule has 8 nitrogen and oxygen atoms in total. The van der Waals surface area contributed by atoms with Crippen LogP contribution >= 0.6 is 11.8 Å². The number of thioether (sulfide) groups is 1. The van der Waals surface area contributed by atoms with Gasteiger partial charge in [-0.3, -0.25) is 14.6 Å². The molecule has 0 fully saturated rings. The summed E-state index contributed by atoms with van der Waals surface area (Å²) >= 11 is 1.52. The molecule has 4 rings (SSSR count). The lowest BCUT2D eigenvalue weighted by atomic mass is 10.0. The van der Waals surface area contributed by atoms with Gasteiger partial charge in [0.05, 0.1) is 31.0 Å². The zero-order valence-electron chi connectivity index (χ0n) is 20.5. The van der Waals surface area contributed by atoms with Crippen LogP contribution in [0.4, 0.5) is 5.69 Å². The smallest absolute Gasteiger partial charge is 0.325 e. The summed E-state index contributed by atoms with van der Waals surface area (Å²) in [6.45, 7) is 3.69. The summed E-state index contributed by atoms with van der Waals surface area (Å²) in [7, 11) is 3.16. The number of nitrogens with zero attached hydrogens (tertiary/aromatic N) is 3. The van der Waals surface area contributed by atoms with Crippen LogP contribution in [-0.2, 0) is 4.79 Å². The predicted octanol–water partition coefficient (Wildman–Crippen LogP) is 4.33. The minimum atomic E-state index is -0.708. The van der Waals surface area contributed by atoms with Crippen molar-refractivity contribution in [3.63, 3.8) is 0 Å². The van der Waals surface area contributed by atoms with Gasteiger partial charge in [-0.15, -0.1) is 0 Å². The van der Waals surface area contributed by atoms with E-state index in [1.807, 2.05) is 36.4 Å². The van der Waals surface area contributed by atoms with E-state index in [0.717, 1.165) is 18.6 Å². The topological polar surface area (TPSA) is 88.4 Å². The van der Waals surface area contributed by atoms with Crippen molar-refractivity contribution in [2.75, 3.05) is 24.9 Å². The second-order valence-corrected chi connectivity index (χ2v) is 9.43. The van der Waals surface area contributed by atoms with Crippen molar-refractivity contribution in [1.82, 2.24) is 10.1 Å². The predicted molar refractivity (Wildman–Crippen MR) is 136 cm³/mol. The summed E-state index contributed by atoms with van der Waals surface area (Å²) in [6, 6.07) is 12.8. The van der Waals surface area contributed by atoms with Crippen molar-refractivity contribution >= 4 is 23.4 Å². The van der Waals surface area contributed by atoms with E-state index in [9.17, 15) is 9.59 Å². The Morgan fingerprint density at radius 1 is 1.14 bits per heavy atom. The molecular weight excluding hydrogens is 464 g/mol. The van der Waals surface area contributed by atoms with Crippen molar-refractivity contribution in [2.45, 2.75) is 50.9 Å². The number of amides is 1. The summed E-state index contributed by atoms with van der Waals surface area (Å²) in [5, 5.41) is 5.37. The lowest BCUT2D eigenvalue weighted by Crippen LogP contribution is -2.60. The van der Waals surface area contributed by atoms with Crippen LogP contribution in [0.25, 0.3) is 11.3 Å². The molecule has 1 amide bonds. The first-order chi connectivity index (χ1) is 17.0. The molecule has 0 bridgehead atoms. The summed E-state index contributed by atoms with van der Waals surface area (Å²) < 4.78 is 12.7. The van der Waals surface area contributed by atoms with Crippen molar-refractivity contribution in [1.29, 1.82) is 0 Å². The number of ether oxygens (including phenoxy) is 2. The third kappa shape index (κ3) is 4.91. The van der Waals surface area contributed by atoms with Crippen LogP contribution in [0.1, 0.15) is 51.3 Å². The van der Waals surface area contributed by atoms with E-state index in [1.54, 1.807) is 29.9 Å². The molecule has 0 saturated heterocycles. The van der Waals surface area contributed by atoms with Gasteiger partial charge in [0.2, 0.25) is 11.1 Å².